The van der Waals surface area contributed by atoms with Gasteiger partial charge in [-0.15, -0.1) is 12.6 Å². The molecule has 1 aromatic heterocycles. The molecule has 5 N–H and O–H groups in total. The van der Waals surface area contributed by atoms with E-state index in [1.807, 2.05) is 0 Å². The van der Waals surface area contributed by atoms with Gasteiger partial charge in [0.25, 0.3) is 0 Å². The predicted octanol–water partition coefficient (Wildman–Crippen LogP) is 0.143. The minimum absolute atomic E-state index is 0.0318. The van der Waals surface area contributed by atoms with Gasteiger partial charge in [0.15, 0.2) is 0 Å². The summed E-state index contributed by atoms with van der Waals surface area (Å²) in [7, 11) is 0. The van der Waals surface area contributed by atoms with E-state index in [0.717, 1.165) is 0 Å². The highest BCUT2D eigenvalue weighted by Crippen LogP contribution is 2.19. The van der Waals surface area contributed by atoms with E-state index in [-0.39, 0.29) is 24.9 Å². The average Bonchev–Trinajstić information content (AvgIpc) is 2.37. The Labute approximate surface area is 116 Å². The molecule has 8 heteroatoms. The number of allylic oxidation sites excluding steroid dienone is 1. The van der Waals surface area contributed by atoms with Gasteiger partial charge < -0.3 is 21.5 Å². The van der Waals surface area contributed by atoms with Crippen molar-refractivity contribution in [2.75, 3.05) is 18.1 Å². The summed E-state index contributed by atoms with van der Waals surface area (Å²) >= 11 is 4.24. The number of aliphatic hydroxyl groups is 1. The van der Waals surface area contributed by atoms with Gasteiger partial charge in [-0.05, 0) is 6.92 Å². The zero-order valence-corrected chi connectivity index (χ0v) is 11.5. The second-order valence-electron chi connectivity index (χ2n) is 3.88. The van der Waals surface area contributed by atoms with Crippen molar-refractivity contribution < 1.29 is 9.90 Å². The molecule has 19 heavy (non-hydrogen) atoms. The molecule has 0 saturated carbocycles. The fourth-order valence-electron chi connectivity index (χ4n) is 1.43. The molecule has 1 amide bonds. The number of aliphatic hydroxyl groups excluding tert-OH is 1. The van der Waals surface area contributed by atoms with Crippen molar-refractivity contribution in [1.29, 1.82) is 0 Å². The first kappa shape index (κ1) is 15.3. The number of amides is 1. The third-order valence-corrected chi connectivity index (χ3v) is 3.13. The summed E-state index contributed by atoms with van der Waals surface area (Å²) < 4.78 is 0. The molecule has 0 aromatic carbocycles. The third kappa shape index (κ3) is 4.11. The fraction of sp³-hybridized carbons (Fsp3) is 0.364. The molecule has 0 saturated heterocycles. The van der Waals surface area contributed by atoms with Crippen LogP contribution >= 0.6 is 12.6 Å². The van der Waals surface area contributed by atoms with Gasteiger partial charge >= 0.3 is 0 Å². The monoisotopic (exact) mass is 283 g/mol. The lowest BCUT2D eigenvalue weighted by Gasteiger charge is -2.20. The first-order valence-electron chi connectivity index (χ1n) is 5.58. The van der Waals surface area contributed by atoms with Gasteiger partial charge in [-0.1, -0.05) is 0 Å². The van der Waals surface area contributed by atoms with Crippen LogP contribution in [0.25, 0.3) is 0 Å². The van der Waals surface area contributed by atoms with Crippen LogP contribution in [0.3, 0.4) is 0 Å². The van der Waals surface area contributed by atoms with Crippen LogP contribution in [0.1, 0.15) is 18.9 Å². The normalized spacial score (nSPS) is 11.9. The van der Waals surface area contributed by atoms with Crippen LogP contribution in [0, 0.1) is 0 Å². The minimum Gasteiger partial charge on any atom is -0.396 e. The maximum absolute atomic E-state index is 11.1. The topological polar surface area (TPSA) is 118 Å². The lowest BCUT2D eigenvalue weighted by molar-refractivity contribution is -0.116. The first-order chi connectivity index (χ1) is 8.99. The molecular weight excluding hydrogens is 266 g/mol. The van der Waals surface area contributed by atoms with Crippen molar-refractivity contribution in [2.45, 2.75) is 19.9 Å². The van der Waals surface area contributed by atoms with Gasteiger partial charge in [-0.25, -0.2) is 4.98 Å². The standard InChI is InChI=1S/C11H17N5O2S/c1-7(9(19)2-3-17)16(6-18)5-8-4-14-11(13)15-10(8)12/h4,6,17,19H,2-3,5H2,1H3,(H4,12,13,14,15)/b9-7+. The average molecular weight is 283 g/mol. The molecule has 1 heterocycles. The zero-order valence-electron chi connectivity index (χ0n) is 10.6. The van der Waals surface area contributed by atoms with E-state index in [2.05, 4.69) is 22.6 Å². The van der Waals surface area contributed by atoms with Gasteiger partial charge in [0, 0.05) is 35.4 Å². The molecule has 1 aromatic rings. The highest BCUT2D eigenvalue weighted by Gasteiger charge is 2.12. The number of nitrogens with two attached hydrogens (primary N) is 2. The molecular formula is C11H17N5O2S. The van der Waals surface area contributed by atoms with Crippen molar-refractivity contribution >= 4 is 30.8 Å². The smallest absolute Gasteiger partial charge is 0.221 e. The molecule has 0 unspecified atom stereocenters. The van der Waals surface area contributed by atoms with Crippen molar-refractivity contribution in [3.63, 3.8) is 0 Å². The summed E-state index contributed by atoms with van der Waals surface area (Å²) in [5, 5.41) is 8.86. The summed E-state index contributed by atoms with van der Waals surface area (Å²) in [6, 6.07) is 0. The van der Waals surface area contributed by atoms with Gasteiger partial charge in [-0.3, -0.25) is 4.79 Å². The fourth-order valence-corrected chi connectivity index (χ4v) is 1.66. The van der Waals surface area contributed by atoms with Crippen LogP contribution in [0.2, 0.25) is 0 Å². The number of thiol groups is 1. The number of rotatable bonds is 6. The summed E-state index contributed by atoms with van der Waals surface area (Å²) in [5.74, 6) is 0.316. The van der Waals surface area contributed by atoms with E-state index in [1.165, 1.54) is 11.1 Å². The lowest BCUT2D eigenvalue weighted by atomic mass is 10.2. The van der Waals surface area contributed by atoms with Crippen molar-refractivity contribution in [1.82, 2.24) is 14.9 Å². The van der Waals surface area contributed by atoms with E-state index in [4.69, 9.17) is 16.6 Å². The van der Waals surface area contributed by atoms with E-state index in [0.29, 0.717) is 29.0 Å². The lowest BCUT2D eigenvalue weighted by Crippen LogP contribution is -2.21. The maximum atomic E-state index is 11.1. The van der Waals surface area contributed by atoms with Gasteiger partial charge in [0.2, 0.25) is 12.4 Å². The van der Waals surface area contributed by atoms with Crippen LogP contribution in [0.5, 0.6) is 0 Å². The molecule has 0 aliphatic rings. The largest absolute Gasteiger partial charge is 0.396 e. The summed E-state index contributed by atoms with van der Waals surface area (Å²) in [6.07, 6.45) is 2.53. The molecule has 104 valence electrons. The molecule has 0 atom stereocenters. The highest BCUT2D eigenvalue weighted by molar-refractivity contribution is 7.84. The molecule has 0 spiro atoms. The second-order valence-corrected chi connectivity index (χ2v) is 4.42. The molecule has 0 radical (unpaired) electrons. The van der Waals surface area contributed by atoms with Crippen LogP contribution in [-0.4, -0.2) is 33.0 Å². The van der Waals surface area contributed by atoms with Crippen molar-refractivity contribution in [3.05, 3.63) is 22.4 Å². The molecule has 1 rings (SSSR count). The Balaban J connectivity index is 2.93. The number of anilines is 2. The molecule has 0 bridgehead atoms. The van der Waals surface area contributed by atoms with Crippen molar-refractivity contribution in [2.24, 2.45) is 0 Å². The number of hydrogen-bond donors (Lipinski definition) is 4. The van der Waals surface area contributed by atoms with E-state index >= 15 is 0 Å². The summed E-state index contributed by atoms with van der Waals surface area (Å²) in [5.41, 5.74) is 12.3. The third-order valence-electron chi connectivity index (χ3n) is 2.58. The second kappa shape index (κ2) is 6.95. The zero-order chi connectivity index (χ0) is 14.4. The van der Waals surface area contributed by atoms with Gasteiger partial charge in [-0.2, -0.15) is 4.98 Å². The maximum Gasteiger partial charge on any atom is 0.221 e. The molecule has 0 aliphatic carbocycles. The van der Waals surface area contributed by atoms with Crippen molar-refractivity contribution in [3.8, 4) is 0 Å². The number of aromatic nitrogens is 2. The Morgan fingerprint density at radius 1 is 1.58 bits per heavy atom. The van der Waals surface area contributed by atoms with E-state index in [9.17, 15) is 4.79 Å². The van der Waals surface area contributed by atoms with Crippen LogP contribution in [-0.2, 0) is 11.3 Å². The number of hydrogen-bond acceptors (Lipinski definition) is 7. The number of nitrogen functional groups attached to an aromatic ring is 2. The minimum atomic E-state index is -0.0318. The first-order valence-corrected chi connectivity index (χ1v) is 6.02. The number of carbonyl (C=O) groups is 1. The summed E-state index contributed by atoms with van der Waals surface area (Å²) in [4.78, 5) is 20.8. The Morgan fingerprint density at radius 2 is 2.26 bits per heavy atom. The number of nitrogens with zero attached hydrogens (tertiary/aromatic N) is 3. The van der Waals surface area contributed by atoms with Gasteiger partial charge in [0.05, 0.1) is 6.54 Å². The Bertz CT molecular complexity index is 492. The Morgan fingerprint density at radius 3 is 2.79 bits per heavy atom. The molecule has 7 nitrogen and oxygen atoms in total. The quantitative estimate of drug-likeness (QED) is 0.436. The van der Waals surface area contributed by atoms with Crippen LogP contribution < -0.4 is 11.5 Å². The van der Waals surface area contributed by atoms with Gasteiger partial charge in [0.1, 0.15) is 5.82 Å². The Kier molecular flexibility index (Phi) is 5.58. The van der Waals surface area contributed by atoms with E-state index < -0.39 is 0 Å². The van der Waals surface area contributed by atoms with E-state index in [1.54, 1.807) is 6.92 Å². The Hall–Kier alpha value is -1.80. The SMILES string of the molecule is C/C(=C(\S)CCO)N(C=O)Cc1cnc(N)nc1N. The predicted molar refractivity (Wildman–Crippen MR) is 75.9 cm³/mol. The molecule has 0 fully saturated rings. The molecule has 0 aliphatic heterocycles. The van der Waals surface area contributed by atoms with Crippen LogP contribution in [0.15, 0.2) is 16.8 Å². The van der Waals surface area contributed by atoms with Crippen LogP contribution in [0.4, 0.5) is 11.8 Å². The highest BCUT2D eigenvalue weighted by atomic mass is 32.1. The summed E-state index contributed by atoms with van der Waals surface area (Å²) in [6.45, 7) is 1.92. The number of carbonyl (C=O) groups excluding carboxylic acids is 1.